The van der Waals surface area contributed by atoms with E-state index < -0.39 is 37.0 Å². The van der Waals surface area contributed by atoms with Crippen LogP contribution in [0.15, 0.2) is 0 Å². The topological polar surface area (TPSA) is 127 Å². The second-order valence-corrected chi connectivity index (χ2v) is 3.44. The van der Waals surface area contributed by atoms with Crippen LogP contribution in [0.4, 0.5) is 0 Å². The number of nitrogens with one attached hydrogen (secondary N) is 1. The highest BCUT2D eigenvalue weighted by molar-refractivity contribution is 5.78. The molecule has 0 aromatic carbocycles. The van der Waals surface area contributed by atoms with Crippen LogP contribution in [0.3, 0.4) is 0 Å². The third-order valence-electron chi connectivity index (χ3n) is 2.07. The Labute approximate surface area is 97.8 Å². The molecular weight excluding hydrogens is 232 g/mol. The Kier molecular flexibility index (Phi) is 6.83. The highest BCUT2D eigenvalue weighted by atomic mass is 16.4. The number of hydrogen-bond donors (Lipinski definition) is 4. The Bertz CT molecular complexity index is 277. The van der Waals surface area contributed by atoms with Crippen LogP contribution in [0.1, 0.15) is 6.42 Å². The molecule has 98 valence electrons. The molecule has 0 amide bonds. The van der Waals surface area contributed by atoms with Gasteiger partial charge in [0.2, 0.25) is 0 Å². The third kappa shape index (κ3) is 6.48. The lowest BCUT2D eigenvalue weighted by Crippen LogP contribution is -2.47. The summed E-state index contributed by atoms with van der Waals surface area (Å²) >= 11 is 0. The smallest absolute Gasteiger partial charge is 0.320 e. The Morgan fingerprint density at radius 2 is 1.59 bits per heavy atom. The summed E-state index contributed by atoms with van der Waals surface area (Å²) in [6.45, 7) is -0.882. The van der Waals surface area contributed by atoms with Crippen molar-refractivity contribution in [3.8, 4) is 0 Å². The van der Waals surface area contributed by atoms with E-state index in [0.29, 0.717) is 6.54 Å². The molecule has 0 radical (unpaired) electrons. The van der Waals surface area contributed by atoms with E-state index in [9.17, 15) is 14.4 Å². The summed E-state index contributed by atoms with van der Waals surface area (Å²) in [6.07, 6.45) is 0.131. The van der Waals surface area contributed by atoms with Gasteiger partial charge in [0.05, 0.1) is 13.1 Å². The molecule has 4 N–H and O–H groups in total. The predicted octanol–water partition coefficient (Wildman–Crippen LogP) is -1.48. The molecule has 0 heterocycles. The lowest BCUT2D eigenvalue weighted by Gasteiger charge is -2.25. The Hall–Kier alpha value is -1.67. The normalized spacial score (nSPS) is 12.4. The Morgan fingerprint density at radius 1 is 1.12 bits per heavy atom. The summed E-state index contributed by atoms with van der Waals surface area (Å²) in [6, 6.07) is -1.13. The van der Waals surface area contributed by atoms with Crippen molar-refractivity contribution in [3.63, 3.8) is 0 Å². The van der Waals surface area contributed by atoms with Gasteiger partial charge in [0, 0.05) is 0 Å². The first kappa shape index (κ1) is 15.3. The first-order chi connectivity index (χ1) is 7.88. The fourth-order valence-electron chi connectivity index (χ4n) is 1.37. The molecule has 1 atom stereocenters. The van der Waals surface area contributed by atoms with Crippen LogP contribution in [0.2, 0.25) is 0 Å². The van der Waals surface area contributed by atoms with Crippen LogP contribution in [0, 0.1) is 0 Å². The van der Waals surface area contributed by atoms with Gasteiger partial charge in [-0.3, -0.25) is 19.3 Å². The van der Waals surface area contributed by atoms with Crippen LogP contribution in [0.5, 0.6) is 0 Å². The standard InChI is InChI=1S/C9H16N2O6/c1-10-3-2-6(9(16)17)11(4-7(12)13)5-8(14)15/h6,10H,2-5H2,1H3,(H,12,13)(H,14,15)(H,16,17). The predicted molar refractivity (Wildman–Crippen MR) is 56.8 cm³/mol. The Balaban J connectivity index is 4.72. The van der Waals surface area contributed by atoms with Crippen molar-refractivity contribution in [2.75, 3.05) is 26.7 Å². The lowest BCUT2D eigenvalue weighted by molar-refractivity contribution is -0.149. The summed E-state index contributed by atoms with van der Waals surface area (Å²) < 4.78 is 0. The maximum atomic E-state index is 11.0. The number of carbonyl (C=O) groups is 3. The summed E-state index contributed by atoms with van der Waals surface area (Å²) in [5.74, 6) is -3.76. The molecular formula is C9H16N2O6. The van der Waals surface area contributed by atoms with E-state index in [1.807, 2.05) is 0 Å². The van der Waals surface area contributed by atoms with Gasteiger partial charge in [-0.1, -0.05) is 0 Å². The van der Waals surface area contributed by atoms with E-state index in [1.165, 1.54) is 0 Å². The maximum Gasteiger partial charge on any atom is 0.320 e. The van der Waals surface area contributed by atoms with E-state index in [2.05, 4.69) is 5.32 Å². The van der Waals surface area contributed by atoms with Gasteiger partial charge < -0.3 is 20.6 Å². The number of rotatable bonds is 9. The molecule has 0 aliphatic carbocycles. The quantitative estimate of drug-likeness (QED) is 0.389. The van der Waals surface area contributed by atoms with Gasteiger partial charge in [-0.2, -0.15) is 0 Å². The fraction of sp³-hybridized carbons (Fsp3) is 0.667. The lowest BCUT2D eigenvalue weighted by atomic mass is 10.1. The van der Waals surface area contributed by atoms with Crippen molar-refractivity contribution in [3.05, 3.63) is 0 Å². The van der Waals surface area contributed by atoms with Crippen molar-refractivity contribution in [2.45, 2.75) is 12.5 Å². The van der Waals surface area contributed by atoms with E-state index >= 15 is 0 Å². The van der Waals surface area contributed by atoms with Gasteiger partial charge in [-0.15, -0.1) is 0 Å². The molecule has 0 saturated heterocycles. The minimum absolute atomic E-state index is 0.131. The summed E-state index contributed by atoms with van der Waals surface area (Å²) in [5, 5.41) is 28.9. The molecule has 8 nitrogen and oxygen atoms in total. The molecule has 0 rings (SSSR count). The molecule has 0 aliphatic heterocycles. The second kappa shape index (κ2) is 7.58. The molecule has 1 unspecified atom stereocenters. The summed E-state index contributed by atoms with van der Waals surface area (Å²) in [5.41, 5.74) is 0. The van der Waals surface area contributed by atoms with E-state index in [4.69, 9.17) is 15.3 Å². The van der Waals surface area contributed by atoms with E-state index in [1.54, 1.807) is 7.05 Å². The third-order valence-corrected chi connectivity index (χ3v) is 2.07. The average Bonchev–Trinajstić information content (AvgIpc) is 2.15. The molecule has 0 spiro atoms. The number of nitrogens with zero attached hydrogens (tertiary/aromatic N) is 1. The SMILES string of the molecule is CNCCC(C(=O)O)N(CC(=O)O)CC(=O)O. The highest BCUT2D eigenvalue weighted by Crippen LogP contribution is 2.04. The minimum atomic E-state index is -1.26. The van der Waals surface area contributed by atoms with Crippen molar-refractivity contribution in [1.29, 1.82) is 0 Å². The van der Waals surface area contributed by atoms with Gasteiger partial charge in [-0.05, 0) is 20.0 Å². The van der Waals surface area contributed by atoms with Crippen LogP contribution in [-0.2, 0) is 14.4 Å². The molecule has 0 aromatic heterocycles. The largest absolute Gasteiger partial charge is 0.480 e. The van der Waals surface area contributed by atoms with Crippen LogP contribution < -0.4 is 5.32 Å². The second-order valence-electron chi connectivity index (χ2n) is 3.44. The summed E-state index contributed by atoms with van der Waals surface area (Å²) in [4.78, 5) is 33.0. The monoisotopic (exact) mass is 248 g/mol. The van der Waals surface area contributed by atoms with Crippen LogP contribution >= 0.6 is 0 Å². The molecule has 0 saturated carbocycles. The van der Waals surface area contributed by atoms with Gasteiger partial charge >= 0.3 is 17.9 Å². The molecule has 0 aliphatic rings. The summed E-state index contributed by atoms with van der Waals surface area (Å²) in [7, 11) is 1.62. The van der Waals surface area contributed by atoms with Gasteiger partial charge in [0.25, 0.3) is 0 Å². The molecule has 0 bridgehead atoms. The molecule has 8 heteroatoms. The van der Waals surface area contributed by atoms with Crippen molar-refractivity contribution >= 4 is 17.9 Å². The van der Waals surface area contributed by atoms with Crippen LogP contribution in [0.25, 0.3) is 0 Å². The van der Waals surface area contributed by atoms with Crippen molar-refractivity contribution in [2.24, 2.45) is 0 Å². The van der Waals surface area contributed by atoms with Crippen LogP contribution in [-0.4, -0.2) is 70.9 Å². The first-order valence-electron chi connectivity index (χ1n) is 4.93. The molecule has 17 heavy (non-hydrogen) atoms. The van der Waals surface area contributed by atoms with Gasteiger partial charge in [0.15, 0.2) is 0 Å². The zero-order chi connectivity index (χ0) is 13.4. The number of carboxylic acids is 3. The molecule has 0 aromatic rings. The fourth-order valence-corrected chi connectivity index (χ4v) is 1.37. The van der Waals surface area contributed by atoms with Crippen molar-refractivity contribution < 1.29 is 29.7 Å². The van der Waals surface area contributed by atoms with E-state index in [-0.39, 0.29) is 6.42 Å². The van der Waals surface area contributed by atoms with Crippen molar-refractivity contribution in [1.82, 2.24) is 10.2 Å². The average molecular weight is 248 g/mol. The number of carboxylic acid groups (broad SMARTS) is 3. The van der Waals surface area contributed by atoms with Gasteiger partial charge in [0.1, 0.15) is 6.04 Å². The maximum absolute atomic E-state index is 11.0. The molecule has 0 fully saturated rings. The minimum Gasteiger partial charge on any atom is -0.480 e. The van der Waals surface area contributed by atoms with E-state index in [0.717, 1.165) is 4.90 Å². The first-order valence-corrected chi connectivity index (χ1v) is 4.93. The van der Waals surface area contributed by atoms with Gasteiger partial charge in [-0.25, -0.2) is 0 Å². The zero-order valence-corrected chi connectivity index (χ0v) is 9.42. The number of aliphatic carboxylic acids is 3. The Morgan fingerprint density at radius 3 is 1.88 bits per heavy atom. The highest BCUT2D eigenvalue weighted by Gasteiger charge is 2.28. The number of hydrogen-bond acceptors (Lipinski definition) is 5. The zero-order valence-electron chi connectivity index (χ0n) is 9.42.